The summed E-state index contributed by atoms with van der Waals surface area (Å²) in [6, 6.07) is 8.34. The van der Waals surface area contributed by atoms with E-state index in [1.165, 1.54) is 6.07 Å². The molecule has 0 unspecified atom stereocenters. The summed E-state index contributed by atoms with van der Waals surface area (Å²) in [6.07, 6.45) is 3.81. The number of nitrogens with two attached hydrogens (primary N) is 1. The normalized spacial score (nSPS) is 15.2. The van der Waals surface area contributed by atoms with Gasteiger partial charge in [0, 0.05) is 42.2 Å². The molecule has 2 amide bonds. The molecule has 0 bridgehead atoms. The van der Waals surface area contributed by atoms with E-state index in [0.717, 1.165) is 23.8 Å². The van der Waals surface area contributed by atoms with Crippen molar-refractivity contribution in [3.63, 3.8) is 0 Å². The molecule has 0 radical (unpaired) electrons. The van der Waals surface area contributed by atoms with Gasteiger partial charge in [0.25, 0.3) is 5.91 Å². The van der Waals surface area contributed by atoms with Crippen LogP contribution in [0.3, 0.4) is 0 Å². The summed E-state index contributed by atoms with van der Waals surface area (Å²) < 4.78 is 16.2. The van der Waals surface area contributed by atoms with Gasteiger partial charge in [-0.2, -0.15) is 0 Å². The number of hydrogen-bond donors (Lipinski definition) is 1. The number of benzene rings is 1. The van der Waals surface area contributed by atoms with Crippen LogP contribution < -0.4 is 5.73 Å². The third kappa shape index (κ3) is 4.74. The fraction of sp³-hybridized carbons (Fsp3) is 0.400. The van der Waals surface area contributed by atoms with E-state index in [1.54, 1.807) is 23.1 Å². The van der Waals surface area contributed by atoms with Crippen LogP contribution in [0, 0.1) is 11.7 Å². The first-order chi connectivity index (χ1) is 15.5. The third-order valence-corrected chi connectivity index (χ3v) is 6.52. The van der Waals surface area contributed by atoms with Gasteiger partial charge in [0.05, 0.1) is 5.02 Å². The highest BCUT2D eigenvalue weighted by atomic mass is 35.5. The van der Waals surface area contributed by atoms with Crippen molar-refractivity contribution in [1.29, 1.82) is 0 Å². The first-order valence-corrected chi connectivity index (χ1v) is 11.5. The van der Waals surface area contributed by atoms with Gasteiger partial charge in [0.15, 0.2) is 0 Å². The maximum atomic E-state index is 14.1. The fourth-order valence-electron chi connectivity index (χ4n) is 4.41. The van der Waals surface area contributed by atoms with Gasteiger partial charge in [-0.25, -0.2) is 9.37 Å². The van der Waals surface area contributed by atoms with E-state index in [9.17, 15) is 14.0 Å². The van der Waals surface area contributed by atoms with Crippen LogP contribution in [0.4, 0.5) is 4.39 Å². The number of carbonyl (C=O) groups is 2. The molecule has 0 saturated carbocycles. The molecule has 3 aromatic rings. The molecular formula is C25H28ClFN4O2. The highest BCUT2D eigenvalue weighted by molar-refractivity contribution is 6.30. The van der Waals surface area contributed by atoms with Crippen molar-refractivity contribution in [2.45, 2.75) is 45.6 Å². The van der Waals surface area contributed by atoms with Crippen molar-refractivity contribution in [3.8, 4) is 11.1 Å². The molecule has 0 spiro atoms. The zero-order valence-corrected chi connectivity index (χ0v) is 19.8. The number of rotatable bonds is 4. The van der Waals surface area contributed by atoms with Crippen LogP contribution in [0.5, 0.6) is 0 Å². The Labute approximate surface area is 197 Å². The van der Waals surface area contributed by atoms with Gasteiger partial charge >= 0.3 is 0 Å². The predicted molar refractivity (Wildman–Crippen MR) is 128 cm³/mol. The van der Waals surface area contributed by atoms with E-state index >= 15 is 0 Å². The number of hydrogen-bond acceptors (Lipinski definition) is 3. The van der Waals surface area contributed by atoms with Crippen LogP contribution in [0.25, 0.3) is 22.2 Å². The van der Waals surface area contributed by atoms with E-state index < -0.39 is 5.82 Å². The number of aromatic nitrogens is 2. The average Bonchev–Trinajstić information content (AvgIpc) is 3.15. The molecule has 2 aromatic heterocycles. The Morgan fingerprint density at radius 1 is 1.18 bits per heavy atom. The maximum Gasteiger partial charge on any atom is 0.272 e. The Morgan fingerprint density at radius 2 is 1.88 bits per heavy atom. The largest absolute Gasteiger partial charge is 0.370 e. The highest BCUT2D eigenvalue weighted by Crippen LogP contribution is 2.35. The minimum atomic E-state index is -0.481. The third-order valence-electron chi connectivity index (χ3n) is 6.22. The predicted octanol–water partition coefficient (Wildman–Crippen LogP) is 4.98. The lowest BCUT2D eigenvalue weighted by Gasteiger charge is -2.31. The Balaban J connectivity index is 1.69. The Bertz CT molecular complexity index is 1220. The number of piperidine rings is 1. The Hall–Kier alpha value is -2.93. The number of nitrogens with zero attached hydrogens (tertiary/aromatic N) is 3. The van der Waals surface area contributed by atoms with Gasteiger partial charge in [-0.15, -0.1) is 0 Å². The summed E-state index contributed by atoms with van der Waals surface area (Å²) in [4.78, 5) is 30.9. The van der Waals surface area contributed by atoms with Gasteiger partial charge in [0.1, 0.15) is 17.2 Å². The summed E-state index contributed by atoms with van der Waals surface area (Å²) in [5.74, 6) is -0.686. The van der Waals surface area contributed by atoms with Gasteiger partial charge in [-0.05, 0) is 69.4 Å². The SMILES string of the molecule is CC(C)(C)n1cc(-c2ccc(Cl)c(F)c2)c2ccc(C(=O)N3CCC(CC(N)=O)CC3)nc21. The van der Waals surface area contributed by atoms with E-state index in [1.807, 2.05) is 16.8 Å². The fourth-order valence-corrected chi connectivity index (χ4v) is 4.53. The zero-order chi connectivity index (χ0) is 23.9. The second-order valence-corrected chi connectivity index (χ2v) is 10.1. The lowest BCUT2D eigenvalue weighted by molar-refractivity contribution is -0.119. The lowest BCUT2D eigenvalue weighted by atomic mass is 9.93. The number of amides is 2. The van der Waals surface area contributed by atoms with Crippen LogP contribution in [0.1, 0.15) is 50.5 Å². The molecule has 1 aliphatic rings. The highest BCUT2D eigenvalue weighted by Gasteiger charge is 2.27. The molecule has 174 valence electrons. The van der Waals surface area contributed by atoms with Gasteiger partial charge in [-0.3, -0.25) is 9.59 Å². The number of halogens is 2. The van der Waals surface area contributed by atoms with Crippen molar-refractivity contribution in [1.82, 2.24) is 14.5 Å². The van der Waals surface area contributed by atoms with Crippen molar-refractivity contribution in [2.24, 2.45) is 11.7 Å². The smallest absolute Gasteiger partial charge is 0.272 e. The lowest BCUT2D eigenvalue weighted by Crippen LogP contribution is -2.39. The number of carbonyl (C=O) groups excluding carboxylic acids is 2. The van der Waals surface area contributed by atoms with Crippen molar-refractivity contribution < 1.29 is 14.0 Å². The molecule has 1 saturated heterocycles. The number of fused-ring (bicyclic) bond motifs is 1. The number of pyridine rings is 1. The van der Waals surface area contributed by atoms with Crippen LogP contribution in [-0.2, 0) is 10.3 Å². The monoisotopic (exact) mass is 470 g/mol. The molecule has 1 aromatic carbocycles. The summed E-state index contributed by atoms with van der Waals surface area (Å²) in [7, 11) is 0. The molecule has 33 heavy (non-hydrogen) atoms. The molecule has 2 N–H and O–H groups in total. The minimum absolute atomic E-state index is 0.0731. The van der Waals surface area contributed by atoms with Gasteiger partial charge in [0.2, 0.25) is 5.91 Å². The second-order valence-electron chi connectivity index (χ2n) is 9.69. The van der Waals surface area contributed by atoms with Crippen LogP contribution in [-0.4, -0.2) is 39.4 Å². The molecule has 0 atom stereocenters. The Kier molecular flexibility index (Phi) is 6.18. The van der Waals surface area contributed by atoms with Crippen LogP contribution in [0.15, 0.2) is 36.5 Å². The van der Waals surface area contributed by atoms with E-state index in [2.05, 4.69) is 20.8 Å². The van der Waals surface area contributed by atoms with Crippen molar-refractivity contribution >= 4 is 34.4 Å². The van der Waals surface area contributed by atoms with Gasteiger partial charge in [-0.1, -0.05) is 17.7 Å². The molecule has 8 heteroatoms. The van der Waals surface area contributed by atoms with Crippen LogP contribution >= 0.6 is 11.6 Å². The maximum absolute atomic E-state index is 14.1. The minimum Gasteiger partial charge on any atom is -0.370 e. The summed E-state index contributed by atoms with van der Waals surface area (Å²) in [5.41, 5.74) is 7.57. The molecule has 1 fully saturated rings. The van der Waals surface area contributed by atoms with E-state index in [0.29, 0.717) is 36.4 Å². The number of primary amides is 1. The first kappa shape index (κ1) is 23.2. The molecule has 1 aliphatic heterocycles. The molecule has 3 heterocycles. The standard InChI is InChI=1S/C25H28ClFN4O2/c1-25(2,3)31-14-18(16-4-6-19(26)20(27)13-16)17-5-7-21(29-23(17)31)24(33)30-10-8-15(9-11-30)12-22(28)32/h4-7,13-15H,8-12H2,1-3H3,(H2,28,32). The van der Waals surface area contributed by atoms with Crippen molar-refractivity contribution in [3.05, 3.63) is 53.1 Å². The molecule has 4 rings (SSSR count). The summed E-state index contributed by atoms with van der Waals surface area (Å²) in [5, 5.41) is 0.910. The van der Waals surface area contributed by atoms with Gasteiger partial charge < -0.3 is 15.2 Å². The van der Waals surface area contributed by atoms with E-state index in [-0.39, 0.29) is 28.3 Å². The van der Waals surface area contributed by atoms with Crippen LogP contribution in [0.2, 0.25) is 5.02 Å². The second kappa shape index (κ2) is 8.78. The van der Waals surface area contributed by atoms with E-state index in [4.69, 9.17) is 22.3 Å². The first-order valence-electron chi connectivity index (χ1n) is 11.1. The van der Waals surface area contributed by atoms with Crippen molar-refractivity contribution in [2.75, 3.05) is 13.1 Å². The molecule has 6 nitrogen and oxygen atoms in total. The summed E-state index contributed by atoms with van der Waals surface area (Å²) in [6.45, 7) is 7.31. The average molecular weight is 471 g/mol. The number of likely N-dealkylation sites (tertiary alicyclic amines) is 1. The quantitative estimate of drug-likeness (QED) is 0.584. The topological polar surface area (TPSA) is 81.2 Å². The Morgan fingerprint density at radius 3 is 2.48 bits per heavy atom. The molecular weight excluding hydrogens is 443 g/mol. The zero-order valence-electron chi connectivity index (χ0n) is 19.1. The molecule has 0 aliphatic carbocycles. The summed E-state index contributed by atoms with van der Waals surface area (Å²) >= 11 is 5.87.